The van der Waals surface area contributed by atoms with Gasteiger partial charge in [-0.05, 0) is 153 Å². The zero-order valence-electron chi connectivity index (χ0n) is 56.8. The number of fused-ring (bicyclic) bond motifs is 8. The molecule has 486 valence electrons. The van der Waals surface area contributed by atoms with Crippen molar-refractivity contribution in [2.24, 2.45) is 0 Å². The van der Waals surface area contributed by atoms with Gasteiger partial charge in [-0.3, -0.25) is 0 Å². The van der Waals surface area contributed by atoms with Crippen molar-refractivity contribution >= 4 is 143 Å². The van der Waals surface area contributed by atoms with Gasteiger partial charge in [0.05, 0.1) is 17.1 Å². The quantitative estimate of drug-likeness (QED) is 0.106. The van der Waals surface area contributed by atoms with Crippen LogP contribution < -0.4 is 57.3 Å². The summed E-state index contributed by atoms with van der Waals surface area (Å²) in [5.41, 5.74) is 32.8. The number of rotatable bonds is 13. The third-order valence-electron chi connectivity index (χ3n) is 21.2. The molecule has 16 aromatic carbocycles. The lowest BCUT2D eigenvalue weighted by molar-refractivity contribution is 1.21. The third kappa shape index (κ3) is 10.1. The Hall–Kier alpha value is -13.0. The zero-order valence-corrected chi connectivity index (χ0v) is 57.6. The van der Waals surface area contributed by atoms with E-state index >= 15 is 0 Å². The van der Waals surface area contributed by atoms with E-state index in [1.807, 2.05) is 11.8 Å². The Labute approximate surface area is 612 Å². The van der Waals surface area contributed by atoms with Gasteiger partial charge in [0.1, 0.15) is 0 Å². The molecule has 0 radical (unpaired) electrons. The number of hydrogen-bond donors (Lipinski definition) is 0. The first kappa shape index (κ1) is 60.9. The SMILES string of the molecule is c1ccc(-c2cccc(-c3ccccc3)c2N2c3ccccc3B3c4cc5c(cc4N(c4c(-c6ccccc6)cccc4-c4ccccc4)c4cc(N(c6ccccc6)c6ccccc6)cc2c43)N(c2ccccc2)c2cc(N(c3ccccc3)c3ccccc3)cc3c2B5c2ccccc2S3)cc1. The second-order valence-electron chi connectivity index (χ2n) is 27.0. The molecule has 0 aliphatic carbocycles. The maximum Gasteiger partial charge on any atom is 0.252 e. The minimum atomic E-state index is -0.278. The number of nitrogens with zero attached hydrogens (tertiary/aromatic N) is 5. The van der Waals surface area contributed by atoms with Crippen molar-refractivity contribution in [3.8, 4) is 44.5 Å². The molecule has 0 saturated heterocycles. The molecule has 0 aromatic heterocycles. The van der Waals surface area contributed by atoms with Crippen molar-refractivity contribution in [2.75, 3.05) is 24.5 Å². The number of para-hydroxylation sites is 8. The topological polar surface area (TPSA) is 16.2 Å². The summed E-state index contributed by atoms with van der Waals surface area (Å²) in [7, 11) is 0. The molecule has 8 heteroatoms. The molecule has 4 aliphatic rings. The van der Waals surface area contributed by atoms with Gasteiger partial charge in [0.15, 0.2) is 0 Å². The van der Waals surface area contributed by atoms with Crippen LogP contribution >= 0.6 is 11.8 Å². The van der Waals surface area contributed by atoms with Crippen LogP contribution in [0.3, 0.4) is 0 Å². The van der Waals surface area contributed by atoms with Crippen LogP contribution in [-0.2, 0) is 0 Å². The molecule has 0 saturated carbocycles. The molecular formula is C96H65B2N5S. The molecular weight excluding hydrogens is 1280 g/mol. The van der Waals surface area contributed by atoms with Gasteiger partial charge in [-0.25, -0.2) is 0 Å². The maximum atomic E-state index is 2.71. The van der Waals surface area contributed by atoms with Gasteiger partial charge < -0.3 is 24.5 Å². The molecule has 0 unspecified atom stereocenters. The second-order valence-corrected chi connectivity index (χ2v) is 28.1. The van der Waals surface area contributed by atoms with Gasteiger partial charge in [-0.15, -0.1) is 0 Å². The Morgan fingerprint density at radius 1 is 0.212 bits per heavy atom. The molecule has 20 rings (SSSR count). The van der Waals surface area contributed by atoms with E-state index in [2.05, 4.69) is 419 Å². The van der Waals surface area contributed by atoms with E-state index in [0.29, 0.717) is 0 Å². The molecule has 4 aliphatic heterocycles. The normalized spacial score (nSPS) is 12.7. The van der Waals surface area contributed by atoms with E-state index in [1.54, 1.807) is 0 Å². The van der Waals surface area contributed by atoms with Crippen LogP contribution in [0.4, 0.5) is 85.3 Å². The van der Waals surface area contributed by atoms with E-state index in [0.717, 1.165) is 130 Å². The van der Waals surface area contributed by atoms with Crippen molar-refractivity contribution in [1.82, 2.24) is 0 Å². The smallest absolute Gasteiger partial charge is 0.252 e. The summed E-state index contributed by atoms with van der Waals surface area (Å²) in [6.45, 7) is -0.423. The van der Waals surface area contributed by atoms with Gasteiger partial charge in [-0.1, -0.05) is 308 Å². The van der Waals surface area contributed by atoms with Crippen LogP contribution in [0.2, 0.25) is 0 Å². The highest BCUT2D eigenvalue weighted by molar-refractivity contribution is 8.00. The molecule has 4 heterocycles. The van der Waals surface area contributed by atoms with Crippen LogP contribution in [0.1, 0.15) is 0 Å². The highest BCUT2D eigenvalue weighted by Crippen LogP contribution is 2.56. The van der Waals surface area contributed by atoms with Gasteiger partial charge in [0, 0.05) is 100 Å². The number of anilines is 15. The lowest BCUT2D eigenvalue weighted by Gasteiger charge is -2.47. The lowest BCUT2D eigenvalue weighted by Crippen LogP contribution is -2.64. The van der Waals surface area contributed by atoms with Crippen LogP contribution in [-0.4, -0.2) is 13.4 Å². The van der Waals surface area contributed by atoms with E-state index < -0.39 is 0 Å². The van der Waals surface area contributed by atoms with Gasteiger partial charge in [-0.2, -0.15) is 0 Å². The fourth-order valence-corrected chi connectivity index (χ4v) is 18.1. The van der Waals surface area contributed by atoms with Crippen LogP contribution in [0.15, 0.2) is 404 Å². The van der Waals surface area contributed by atoms with Crippen LogP contribution in [0.5, 0.6) is 0 Å². The first-order chi connectivity index (χ1) is 51.7. The predicted octanol–water partition coefficient (Wildman–Crippen LogP) is 22.1. The first-order valence-electron chi connectivity index (χ1n) is 35.8. The molecule has 5 nitrogen and oxygen atoms in total. The van der Waals surface area contributed by atoms with E-state index in [1.165, 1.54) is 42.6 Å². The van der Waals surface area contributed by atoms with Crippen molar-refractivity contribution in [1.29, 1.82) is 0 Å². The molecule has 0 atom stereocenters. The predicted molar refractivity (Wildman–Crippen MR) is 441 cm³/mol. The minimum Gasteiger partial charge on any atom is -0.311 e. The Morgan fingerprint density at radius 3 is 0.990 bits per heavy atom. The molecule has 0 bridgehead atoms. The second kappa shape index (κ2) is 25.6. The monoisotopic (exact) mass is 1340 g/mol. The molecule has 16 aromatic rings. The van der Waals surface area contributed by atoms with Gasteiger partial charge >= 0.3 is 0 Å². The summed E-state index contributed by atoms with van der Waals surface area (Å²) in [4.78, 5) is 15.3. The van der Waals surface area contributed by atoms with Crippen LogP contribution in [0.25, 0.3) is 44.5 Å². The molecule has 0 spiro atoms. The molecule has 104 heavy (non-hydrogen) atoms. The standard InChI is InChI=1S/C96H65B2N5S/c1-10-34-66(35-11-1)77-52-32-53-78(67-36-12-2-13-37-67)95(77)102-85-58-30-28-56-81(85)97-84-64-83-86(101(74-50-26-9-27-51-74)90-62-76(63-92-94(90)98(83)82-57-29-31-59-91(82)104-92)100(72-46-22-7-23-47-72)73-48-24-8-25-49-73)65-87(84)103(96-79(68-38-14-3-15-39-68)54-33-55-80(96)69-40-16-4-17-41-69)89-61-75(60-88(102)93(89)97)99(70-42-18-5-19-43-70)71-44-20-6-21-45-71/h1-65H. The summed E-state index contributed by atoms with van der Waals surface area (Å²) < 4.78 is 0. The summed E-state index contributed by atoms with van der Waals surface area (Å²) in [6.07, 6.45) is 0. The Morgan fingerprint density at radius 2 is 0.548 bits per heavy atom. The van der Waals surface area contributed by atoms with Crippen molar-refractivity contribution < 1.29 is 0 Å². The highest BCUT2D eigenvalue weighted by atomic mass is 32.2. The lowest BCUT2D eigenvalue weighted by atomic mass is 9.30. The fraction of sp³-hybridized carbons (Fsp3) is 0. The summed E-state index contributed by atoms with van der Waals surface area (Å²) in [5, 5.41) is 0. The van der Waals surface area contributed by atoms with Crippen molar-refractivity contribution in [3.63, 3.8) is 0 Å². The Bertz CT molecular complexity index is 5730. The number of benzene rings is 16. The van der Waals surface area contributed by atoms with E-state index in [-0.39, 0.29) is 13.4 Å². The summed E-state index contributed by atoms with van der Waals surface area (Å²) in [6, 6.07) is 147. The van der Waals surface area contributed by atoms with Crippen molar-refractivity contribution in [3.05, 3.63) is 394 Å². The van der Waals surface area contributed by atoms with Gasteiger partial charge in [0.2, 0.25) is 6.71 Å². The molecule has 0 amide bonds. The maximum absolute atomic E-state index is 2.71. The Balaban J connectivity index is 0.958. The first-order valence-corrected chi connectivity index (χ1v) is 36.6. The van der Waals surface area contributed by atoms with Gasteiger partial charge in [0.25, 0.3) is 6.71 Å². The van der Waals surface area contributed by atoms with E-state index in [4.69, 9.17) is 0 Å². The molecule has 0 fully saturated rings. The average molecular weight is 1340 g/mol. The third-order valence-corrected chi connectivity index (χ3v) is 22.3. The van der Waals surface area contributed by atoms with E-state index in [9.17, 15) is 0 Å². The van der Waals surface area contributed by atoms with Crippen molar-refractivity contribution in [2.45, 2.75) is 9.79 Å². The molecule has 0 N–H and O–H groups in total. The average Bonchev–Trinajstić information content (AvgIpc) is 0.680. The fourth-order valence-electron chi connectivity index (χ4n) is 16.9. The highest BCUT2D eigenvalue weighted by Gasteiger charge is 2.49. The Kier molecular flexibility index (Phi) is 15.0. The van der Waals surface area contributed by atoms with Crippen LogP contribution in [0, 0.1) is 0 Å². The number of hydrogen-bond acceptors (Lipinski definition) is 6. The largest absolute Gasteiger partial charge is 0.311 e. The minimum absolute atomic E-state index is 0.145. The summed E-state index contributed by atoms with van der Waals surface area (Å²) >= 11 is 1.89. The zero-order chi connectivity index (χ0) is 68.6. The summed E-state index contributed by atoms with van der Waals surface area (Å²) in [5.74, 6) is 0.